The van der Waals surface area contributed by atoms with Gasteiger partial charge in [0.1, 0.15) is 0 Å². The molecule has 0 aliphatic carbocycles. The number of hydrogen-bond acceptors (Lipinski definition) is 3. The van der Waals surface area contributed by atoms with Gasteiger partial charge in [0.2, 0.25) is 0 Å². The van der Waals surface area contributed by atoms with Gasteiger partial charge < -0.3 is 5.32 Å². The molecule has 1 fully saturated rings. The minimum atomic E-state index is 0.303. The molecule has 3 nitrogen and oxygen atoms in total. The van der Waals surface area contributed by atoms with Gasteiger partial charge in [-0.15, -0.1) is 0 Å². The van der Waals surface area contributed by atoms with Crippen molar-refractivity contribution < 1.29 is 4.84 Å². The second kappa shape index (κ2) is 6.58. The molecule has 1 aliphatic heterocycles. The zero-order valence-corrected chi connectivity index (χ0v) is 11.3. The highest BCUT2D eigenvalue weighted by atomic mass is 16.7. The lowest BCUT2D eigenvalue weighted by Crippen LogP contribution is -2.35. The average Bonchev–Trinajstić information content (AvgIpc) is 2.20. The Bertz CT molecular complexity index is 198. The number of nitrogens with one attached hydrogen (secondary N) is 2. The van der Waals surface area contributed by atoms with Gasteiger partial charge in [0.05, 0.1) is 6.10 Å². The molecule has 0 aromatic rings. The van der Waals surface area contributed by atoms with Crippen molar-refractivity contribution in [3.63, 3.8) is 0 Å². The SMILES string of the molecule is CNOC(C)CC1(C)CCCNC(C)CC1. The third-order valence-electron chi connectivity index (χ3n) is 3.73. The van der Waals surface area contributed by atoms with Crippen molar-refractivity contribution in [3.8, 4) is 0 Å². The van der Waals surface area contributed by atoms with Crippen LogP contribution in [-0.4, -0.2) is 25.7 Å². The molecule has 1 heterocycles. The molecule has 1 rings (SSSR count). The van der Waals surface area contributed by atoms with Gasteiger partial charge in [-0.25, -0.2) is 5.48 Å². The minimum absolute atomic E-state index is 0.303. The highest BCUT2D eigenvalue weighted by molar-refractivity contribution is 4.81. The largest absolute Gasteiger partial charge is 0.314 e. The van der Waals surface area contributed by atoms with Crippen molar-refractivity contribution in [2.45, 2.75) is 65.0 Å². The normalized spacial score (nSPS) is 34.1. The van der Waals surface area contributed by atoms with Crippen molar-refractivity contribution >= 4 is 0 Å². The molecule has 0 spiro atoms. The molecule has 0 amide bonds. The van der Waals surface area contributed by atoms with Crippen molar-refractivity contribution in [1.29, 1.82) is 0 Å². The van der Waals surface area contributed by atoms with E-state index in [0.717, 1.165) is 13.0 Å². The van der Waals surface area contributed by atoms with Crippen LogP contribution < -0.4 is 10.8 Å². The molecule has 16 heavy (non-hydrogen) atoms. The van der Waals surface area contributed by atoms with E-state index in [2.05, 4.69) is 31.6 Å². The van der Waals surface area contributed by atoms with Crippen LogP contribution in [0.1, 0.15) is 52.9 Å². The fourth-order valence-electron chi connectivity index (χ4n) is 2.80. The Balaban J connectivity index is 2.45. The maximum atomic E-state index is 5.44. The van der Waals surface area contributed by atoms with E-state index in [1.165, 1.54) is 25.7 Å². The van der Waals surface area contributed by atoms with Crippen LogP contribution in [0.15, 0.2) is 0 Å². The molecule has 3 unspecified atom stereocenters. The topological polar surface area (TPSA) is 33.3 Å². The van der Waals surface area contributed by atoms with Crippen LogP contribution in [0.2, 0.25) is 0 Å². The van der Waals surface area contributed by atoms with Gasteiger partial charge >= 0.3 is 0 Å². The molecule has 0 aromatic heterocycles. The number of rotatable bonds is 4. The monoisotopic (exact) mass is 228 g/mol. The van der Waals surface area contributed by atoms with Crippen LogP contribution in [0.3, 0.4) is 0 Å². The Labute approximate surface area is 100 Å². The smallest absolute Gasteiger partial charge is 0.0767 e. The van der Waals surface area contributed by atoms with Gasteiger partial charge in [0.15, 0.2) is 0 Å². The summed E-state index contributed by atoms with van der Waals surface area (Å²) in [5.41, 5.74) is 3.25. The molecule has 0 radical (unpaired) electrons. The molecular weight excluding hydrogens is 200 g/mol. The summed E-state index contributed by atoms with van der Waals surface area (Å²) in [4.78, 5) is 5.44. The van der Waals surface area contributed by atoms with Crippen LogP contribution in [-0.2, 0) is 4.84 Å². The predicted octanol–water partition coefficient (Wildman–Crippen LogP) is 2.47. The van der Waals surface area contributed by atoms with Gasteiger partial charge in [-0.1, -0.05) is 6.92 Å². The molecule has 3 atom stereocenters. The van der Waals surface area contributed by atoms with E-state index in [-0.39, 0.29) is 0 Å². The lowest BCUT2D eigenvalue weighted by molar-refractivity contribution is -0.0296. The Hall–Kier alpha value is -0.120. The Morgan fingerprint density at radius 1 is 1.50 bits per heavy atom. The minimum Gasteiger partial charge on any atom is -0.314 e. The molecule has 1 aliphatic rings. The summed E-state index contributed by atoms with van der Waals surface area (Å²) in [5.74, 6) is 0. The Kier molecular flexibility index (Phi) is 5.73. The molecule has 2 N–H and O–H groups in total. The second-order valence-electron chi connectivity index (χ2n) is 5.64. The highest BCUT2D eigenvalue weighted by Crippen LogP contribution is 2.36. The van der Waals surface area contributed by atoms with Crippen LogP contribution in [0.4, 0.5) is 0 Å². The molecule has 0 saturated carbocycles. The summed E-state index contributed by atoms with van der Waals surface area (Å²) in [6, 6.07) is 0.667. The maximum absolute atomic E-state index is 5.44. The third-order valence-corrected chi connectivity index (χ3v) is 3.73. The van der Waals surface area contributed by atoms with E-state index in [4.69, 9.17) is 4.84 Å². The quantitative estimate of drug-likeness (QED) is 0.725. The van der Waals surface area contributed by atoms with Gasteiger partial charge in [-0.3, -0.25) is 4.84 Å². The van der Waals surface area contributed by atoms with Crippen molar-refractivity contribution in [3.05, 3.63) is 0 Å². The molecule has 1 saturated heterocycles. The summed E-state index contributed by atoms with van der Waals surface area (Å²) in [6.07, 6.45) is 6.64. The first-order valence-electron chi connectivity index (χ1n) is 6.61. The van der Waals surface area contributed by atoms with Crippen molar-refractivity contribution in [2.24, 2.45) is 5.41 Å². The van der Waals surface area contributed by atoms with E-state index in [9.17, 15) is 0 Å². The molecular formula is C13H28N2O. The van der Waals surface area contributed by atoms with Crippen LogP contribution in [0.25, 0.3) is 0 Å². The summed E-state index contributed by atoms with van der Waals surface area (Å²) in [5, 5.41) is 3.56. The molecule has 0 aromatic carbocycles. The number of hydroxylamine groups is 1. The van der Waals surface area contributed by atoms with Crippen molar-refractivity contribution in [2.75, 3.05) is 13.6 Å². The summed E-state index contributed by atoms with van der Waals surface area (Å²) in [7, 11) is 1.84. The summed E-state index contributed by atoms with van der Waals surface area (Å²) in [6.45, 7) is 8.03. The zero-order chi connectivity index (χ0) is 12.0. The van der Waals surface area contributed by atoms with E-state index >= 15 is 0 Å². The van der Waals surface area contributed by atoms with E-state index in [1.54, 1.807) is 0 Å². The average molecular weight is 228 g/mol. The first kappa shape index (κ1) is 13.9. The van der Waals surface area contributed by atoms with Crippen LogP contribution >= 0.6 is 0 Å². The van der Waals surface area contributed by atoms with Crippen molar-refractivity contribution in [1.82, 2.24) is 10.8 Å². The standard InChI is InChI=1S/C13H28N2O/c1-11-6-8-13(3,7-5-9-15-11)10-12(2)16-14-4/h11-12,14-15H,5-10H2,1-4H3. The van der Waals surface area contributed by atoms with E-state index < -0.39 is 0 Å². The fraction of sp³-hybridized carbons (Fsp3) is 1.00. The van der Waals surface area contributed by atoms with Crippen LogP contribution in [0, 0.1) is 5.41 Å². The highest BCUT2D eigenvalue weighted by Gasteiger charge is 2.28. The first-order valence-corrected chi connectivity index (χ1v) is 6.61. The summed E-state index contributed by atoms with van der Waals surface area (Å²) >= 11 is 0. The first-order chi connectivity index (χ1) is 7.56. The van der Waals surface area contributed by atoms with Gasteiger partial charge in [-0.2, -0.15) is 0 Å². The second-order valence-corrected chi connectivity index (χ2v) is 5.64. The van der Waals surface area contributed by atoms with Gasteiger partial charge in [0.25, 0.3) is 0 Å². The third kappa shape index (κ3) is 4.81. The van der Waals surface area contributed by atoms with Gasteiger partial charge in [-0.05, 0) is 57.9 Å². The fourth-order valence-corrected chi connectivity index (χ4v) is 2.80. The Morgan fingerprint density at radius 3 is 2.94 bits per heavy atom. The van der Waals surface area contributed by atoms with E-state index in [0.29, 0.717) is 17.6 Å². The van der Waals surface area contributed by atoms with Gasteiger partial charge in [0, 0.05) is 13.1 Å². The van der Waals surface area contributed by atoms with E-state index in [1.807, 2.05) is 7.05 Å². The number of hydrogen-bond donors (Lipinski definition) is 2. The zero-order valence-electron chi connectivity index (χ0n) is 11.3. The molecule has 96 valence electrons. The van der Waals surface area contributed by atoms with Crippen LogP contribution in [0.5, 0.6) is 0 Å². The molecule has 0 bridgehead atoms. The maximum Gasteiger partial charge on any atom is 0.0767 e. The molecule has 3 heteroatoms. The Morgan fingerprint density at radius 2 is 2.25 bits per heavy atom. The predicted molar refractivity (Wildman–Crippen MR) is 68.3 cm³/mol. The summed E-state index contributed by atoms with van der Waals surface area (Å²) < 4.78 is 0. The lowest BCUT2D eigenvalue weighted by Gasteiger charge is -2.35. The lowest BCUT2D eigenvalue weighted by atomic mass is 9.75.